The first-order chi connectivity index (χ1) is 12.5. The van der Waals surface area contributed by atoms with Crippen molar-refractivity contribution in [3.63, 3.8) is 0 Å². The van der Waals surface area contributed by atoms with Gasteiger partial charge in [-0.3, -0.25) is 0 Å². The molecule has 26 heavy (non-hydrogen) atoms. The minimum atomic E-state index is -0.409. The van der Waals surface area contributed by atoms with E-state index in [4.69, 9.17) is 9.26 Å². The van der Waals surface area contributed by atoms with Gasteiger partial charge in [0.1, 0.15) is 11.6 Å². The zero-order valence-corrected chi connectivity index (χ0v) is 15.0. The van der Waals surface area contributed by atoms with Gasteiger partial charge in [0.05, 0.1) is 23.8 Å². The summed E-state index contributed by atoms with van der Waals surface area (Å²) in [4.78, 5) is 7.79. The highest BCUT2D eigenvalue weighted by atomic mass is 19.1. The van der Waals surface area contributed by atoms with Crippen LogP contribution in [0.4, 0.5) is 4.39 Å². The van der Waals surface area contributed by atoms with Crippen LogP contribution in [0.25, 0.3) is 33.3 Å². The molecule has 0 fully saturated rings. The number of benzene rings is 2. The zero-order chi connectivity index (χ0) is 18.4. The van der Waals surface area contributed by atoms with Crippen LogP contribution in [0.5, 0.6) is 5.75 Å². The monoisotopic (exact) mass is 351 g/mol. The molecular formula is C20H18FN3O2. The van der Waals surface area contributed by atoms with Gasteiger partial charge in [-0.25, -0.2) is 9.37 Å². The van der Waals surface area contributed by atoms with Crippen molar-refractivity contribution in [3.05, 3.63) is 53.4 Å². The smallest absolute Gasteiger partial charge is 0.172 e. The number of hydrogen-bond donors (Lipinski definition) is 1. The van der Waals surface area contributed by atoms with Crippen LogP contribution in [0.2, 0.25) is 0 Å². The van der Waals surface area contributed by atoms with Crippen molar-refractivity contribution in [2.45, 2.75) is 20.8 Å². The molecule has 0 aliphatic heterocycles. The number of nitrogens with one attached hydrogen (secondary N) is 1. The van der Waals surface area contributed by atoms with Crippen molar-refractivity contribution in [1.29, 1.82) is 0 Å². The third-order valence-electron chi connectivity index (χ3n) is 4.50. The Morgan fingerprint density at radius 2 is 1.92 bits per heavy atom. The van der Waals surface area contributed by atoms with E-state index in [2.05, 4.69) is 15.1 Å². The lowest BCUT2D eigenvalue weighted by Crippen LogP contribution is -1.93. The van der Waals surface area contributed by atoms with E-state index in [1.54, 1.807) is 18.2 Å². The highest BCUT2D eigenvalue weighted by Crippen LogP contribution is 2.38. The summed E-state index contributed by atoms with van der Waals surface area (Å²) < 4.78 is 25.4. The first-order valence-electron chi connectivity index (χ1n) is 8.26. The number of H-pyrrole nitrogens is 1. The molecule has 0 aliphatic carbocycles. The van der Waals surface area contributed by atoms with Gasteiger partial charge >= 0.3 is 0 Å². The van der Waals surface area contributed by atoms with Crippen molar-refractivity contribution in [1.82, 2.24) is 15.1 Å². The Labute approximate surface area is 149 Å². The van der Waals surface area contributed by atoms with Gasteiger partial charge in [-0.15, -0.1) is 0 Å². The lowest BCUT2D eigenvalue weighted by Gasteiger charge is -2.10. The number of halogens is 1. The molecule has 0 saturated heterocycles. The largest absolute Gasteiger partial charge is 0.494 e. The van der Waals surface area contributed by atoms with Gasteiger partial charge in [0, 0.05) is 16.7 Å². The molecule has 6 heteroatoms. The fraction of sp³-hybridized carbons (Fsp3) is 0.200. The Bertz CT molecular complexity index is 1110. The van der Waals surface area contributed by atoms with E-state index < -0.39 is 5.82 Å². The summed E-state index contributed by atoms with van der Waals surface area (Å²) in [5, 5.41) is 4.03. The fourth-order valence-electron chi connectivity index (χ4n) is 3.36. The molecule has 0 atom stereocenters. The highest BCUT2D eigenvalue weighted by molar-refractivity contribution is 5.96. The molecule has 0 bridgehead atoms. The van der Waals surface area contributed by atoms with Gasteiger partial charge in [0.15, 0.2) is 11.6 Å². The van der Waals surface area contributed by atoms with Crippen LogP contribution in [0.3, 0.4) is 0 Å². The summed E-state index contributed by atoms with van der Waals surface area (Å²) in [6, 6.07) is 9.01. The number of aryl methyl sites for hydroxylation is 3. The summed E-state index contributed by atoms with van der Waals surface area (Å²) in [6.07, 6.45) is 0. The number of fused-ring (bicyclic) bond motifs is 1. The third kappa shape index (κ3) is 2.45. The maximum atomic E-state index is 14.9. The average molecular weight is 351 g/mol. The van der Waals surface area contributed by atoms with Crippen molar-refractivity contribution in [3.8, 4) is 28.0 Å². The minimum Gasteiger partial charge on any atom is -0.494 e. The second kappa shape index (κ2) is 5.98. The number of aromatic nitrogens is 3. The number of hydrogen-bond acceptors (Lipinski definition) is 4. The normalized spacial score (nSPS) is 11.3. The molecule has 2 aromatic heterocycles. The molecule has 5 nitrogen and oxygen atoms in total. The molecule has 0 aliphatic rings. The number of imidazole rings is 1. The molecule has 0 spiro atoms. The summed E-state index contributed by atoms with van der Waals surface area (Å²) in [5.74, 6) is 1.27. The van der Waals surface area contributed by atoms with Crippen LogP contribution < -0.4 is 4.74 Å². The second-order valence-corrected chi connectivity index (χ2v) is 6.26. The SMILES string of the molecule is COc1cccc(-c2cc(-c3c(C)noc3C)cc3[nH]c(C)nc23)c1F. The molecule has 0 unspecified atom stereocenters. The molecule has 2 heterocycles. The van der Waals surface area contributed by atoms with Crippen LogP contribution in [0, 0.1) is 26.6 Å². The Balaban J connectivity index is 2.06. The first kappa shape index (κ1) is 16.3. The van der Waals surface area contributed by atoms with Crippen LogP contribution in [-0.4, -0.2) is 22.2 Å². The summed E-state index contributed by atoms with van der Waals surface area (Å²) >= 11 is 0. The summed E-state index contributed by atoms with van der Waals surface area (Å²) in [5.41, 5.74) is 5.27. The number of ether oxygens (including phenoxy) is 1. The fourth-order valence-corrected chi connectivity index (χ4v) is 3.36. The molecule has 1 N–H and O–H groups in total. The van der Waals surface area contributed by atoms with Crippen molar-refractivity contribution >= 4 is 11.0 Å². The van der Waals surface area contributed by atoms with Gasteiger partial charge in [0.25, 0.3) is 0 Å². The second-order valence-electron chi connectivity index (χ2n) is 6.26. The molecule has 2 aromatic carbocycles. The molecule has 0 saturated carbocycles. The lowest BCUT2D eigenvalue weighted by atomic mass is 9.96. The maximum Gasteiger partial charge on any atom is 0.172 e. The van der Waals surface area contributed by atoms with Gasteiger partial charge in [-0.2, -0.15) is 0 Å². The summed E-state index contributed by atoms with van der Waals surface area (Å²) in [7, 11) is 1.46. The third-order valence-corrected chi connectivity index (χ3v) is 4.50. The predicted molar refractivity (Wildman–Crippen MR) is 97.7 cm³/mol. The maximum absolute atomic E-state index is 14.9. The Morgan fingerprint density at radius 3 is 2.62 bits per heavy atom. The molecule has 4 rings (SSSR count). The zero-order valence-electron chi connectivity index (χ0n) is 15.0. The predicted octanol–water partition coefficient (Wildman–Crippen LogP) is 4.96. The van der Waals surface area contributed by atoms with Gasteiger partial charge in [-0.05, 0) is 44.5 Å². The van der Waals surface area contributed by atoms with Gasteiger partial charge < -0.3 is 14.2 Å². The van der Waals surface area contributed by atoms with Crippen molar-refractivity contribution in [2.75, 3.05) is 7.11 Å². The van der Waals surface area contributed by atoms with E-state index in [-0.39, 0.29) is 5.75 Å². The molecule has 0 radical (unpaired) electrons. The van der Waals surface area contributed by atoms with E-state index >= 15 is 0 Å². The van der Waals surface area contributed by atoms with E-state index in [9.17, 15) is 4.39 Å². The van der Waals surface area contributed by atoms with Crippen LogP contribution in [0.1, 0.15) is 17.3 Å². The van der Waals surface area contributed by atoms with E-state index in [1.807, 2.05) is 32.9 Å². The van der Waals surface area contributed by atoms with E-state index in [0.717, 1.165) is 33.9 Å². The van der Waals surface area contributed by atoms with E-state index in [0.29, 0.717) is 16.6 Å². The first-order valence-corrected chi connectivity index (χ1v) is 8.26. The molecule has 4 aromatic rings. The standard InChI is InChI=1S/C20H18FN3O2/c1-10-18(11(2)26-24-10)13-8-15(20-16(9-13)22-12(3)23-20)14-6-5-7-17(25-4)19(14)21/h5-9H,1-4H3,(H,22,23). The lowest BCUT2D eigenvalue weighted by molar-refractivity contribution is 0.387. The number of methoxy groups -OCH3 is 1. The Hall–Kier alpha value is -3.15. The Kier molecular flexibility index (Phi) is 3.76. The number of rotatable bonds is 3. The van der Waals surface area contributed by atoms with Crippen molar-refractivity contribution < 1.29 is 13.7 Å². The summed E-state index contributed by atoms with van der Waals surface area (Å²) in [6.45, 7) is 5.63. The molecule has 132 valence electrons. The number of nitrogens with zero attached hydrogens (tertiary/aromatic N) is 2. The van der Waals surface area contributed by atoms with Crippen LogP contribution in [-0.2, 0) is 0 Å². The van der Waals surface area contributed by atoms with Crippen LogP contribution in [0.15, 0.2) is 34.9 Å². The van der Waals surface area contributed by atoms with Gasteiger partial charge in [0.2, 0.25) is 0 Å². The minimum absolute atomic E-state index is 0.200. The van der Waals surface area contributed by atoms with Gasteiger partial charge in [-0.1, -0.05) is 17.3 Å². The topological polar surface area (TPSA) is 63.9 Å². The Morgan fingerprint density at radius 1 is 1.12 bits per heavy atom. The molecular weight excluding hydrogens is 333 g/mol. The van der Waals surface area contributed by atoms with Crippen LogP contribution >= 0.6 is 0 Å². The quantitative estimate of drug-likeness (QED) is 0.567. The van der Waals surface area contributed by atoms with E-state index in [1.165, 1.54) is 7.11 Å². The van der Waals surface area contributed by atoms with Crippen molar-refractivity contribution in [2.24, 2.45) is 0 Å². The molecule has 0 amide bonds. The highest BCUT2D eigenvalue weighted by Gasteiger charge is 2.19. The average Bonchev–Trinajstić information content (AvgIpc) is 3.15. The number of aromatic amines is 1.